The lowest BCUT2D eigenvalue weighted by atomic mass is 9.95. The molecular weight excluding hydrogens is 228 g/mol. The molecule has 0 atom stereocenters. The first-order valence-corrected chi connectivity index (χ1v) is 6.55. The van der Waals surface area contributed by atoms with E-state index in [1.54, 1.807) is 0 Å². The minimum absolute atomic E-state index is 0.576. The number of ether oxygens (including phenoxy) is 1. The van der Waals surface area contributed by atoms with E-state index in [1.807, 2.05) is 0 Å². The predicted molar refractivity (Wildman–Crippen MR) is 58.3 cm³/mol. The number of alkyl halides is 1. The van der Waals surface area contributed by atoms with Crippen molar-refractivity contribution in [2.45, 2.75) is 68.4 Å². The van der Waals surface area contributed by atoms with Gasteiger partial charge in [-0.1, -0.05) is 41.6 Å². The molecule has 0 aromatic carbocycles. The first-order valence-electron chi connectivity index (χ1n) is 5.64. The van der Waals surface area contributed by atoms with E-state index in [1.165, 1.54) is 51.4 Å². The Morgan fingerprint density at radius 3 is 2.00 bits per heavy atom. The van der Waals surface area contributed by atoms with E-state index in [4.69, 9.17) is 4.74 Å². The molecular formula is C11H19BrO. The van der Waals surface area contributed by atoms with Gasteiger partial charge in [0, 0.05) is 4.83 Å². The lowest BCUT2D eigenvalue weighted by Crippen LogP contribution is -2.34. The van der Waals surface area contributed by atoms with Crippen LogP contribution in [0.25, 0.3) is 0 Å². The lowest BCUT2D eigenvalue weighted by Gasteiger charge is -2.34. The predicted octanol–water partition coefficient (Wildman–Crippen LogP) is 3.65. The average Bonchev–Trinajstić information content (AvgIpc) is 2.30. The highest BCUT2D eigenvalue weighted by Crippen LogP contribution is 2.32. The van der Waals surface area contributed by atoms with E-state index in [0.29, 0.717) is 12.2 Å². The van der Waals surface area contributed by atoms with Crippen LogP contribution in [0.3, 0.4) is 0 Å². The summed E-state index contributed by atoms with van der Waals surface area (Å²) in [6.45, 7) is 0. The summed E-state index contributed by atoms with van der Waals surface area (Å²) in [6.07, 6.45) is 11.9. The van der Waals surface area contributed by atoms with E-state index >= 15 is 0 Å². The minimum atomic E-state index is 0.576. The third kappa shape index (κ3) is 2.95. The van der Waals surface area contributed by atoms with Crippen LogP contribution < -0.4 is 0 Å². The molecule has 0 saturated heterocycles. The molecule has 0 spiro atoms. The first-order chi connectivity index (χ1) is 6.34. The van der Waals surface area contributed by atoms with Gasteiger partial charge in [0.05, 0.1) is 12.2 Å². The molecule has 2 rings (SSSR count). The molecule has 0 amide bonds. The molecule has 1 nitrogen and oxygen atoms in total. The van der Waals surface area contributed by atoms with Crippen molar-refractivity contribution in [1.82, 2.24) is 0 Å². The zero-order chi connectivity index (χ0) is 9.10. The smallest absolute Gasteiger partial charge is 0.0600 e. The van der Waals surface area contributed by atoms with Gasteiger partial charge in [-0.15, -0.1) is 0 Å². The van der Waals surface area contributed by atoms with Gasteiger partial charge in [0.15, 0.2) is 0 Å². The molecule has 0 aromatic heterocycles. The Morgan fingerprint density at radius 2 is 1.46 bits per heavy atom. The topological polar surface area (TPSA) is 9.23 Å². The fourth-order valence-electron chi connectivity index (χ4n) is 2.26. The monoisotopic (exact) mass is 246 g/mol. The minimum Gasteiger partial charge on any atom is -0.375 e. The molecule has 0 N–H and O–H groups in total. The van der Waals surface area contributed by atoms with Crippen molar-refractivity contribution in [3.63, 3.8) is 0 Å². The van der Waals surface area contributed by atoms with E-state index in [0.717, 1.165) is 4.83 Å². The van der Waals surface area contributed by atoms with Crippen LogP contribution in [0.4, 0.5) is 0 Å². The Labute approximate surface area is 89.4 Å². The van der Waals surface area contributed by atoms with Gasteiger partial charge in [0.1, 0.15) is 0 Å². The molecule has 13 heavy (non-hydrogen) atoms. The summed E-state index contributed by atoms with van der Waals surface area (Å²) in [5.74, 6) is 0. The molecule has 0 aliphatic heterocycles. The van der Waals surface area contributed by atoms with E-state index in [-0.39, 0.29) is 0 Å². The summed E-state index contributed by atoms with van der Waals surface area (Å²) in [5, 5.41) is 0. The average molecular weight is 247 g/mol. The van der Waals surface area contributed by atoms with Crippen molar-refractivity contribution in [1.29, 1.82) is 0 Å². The van der Waals surface area contributed by atoms with Crippen LogP contribution in [0, 0.1) is 0 Å². The van der Waals surface area contributed by atoms with E-state index in [9.17, 15) is 0 Å². The van der Waals surface area contributed by atoms with Gasteiger partial charge in [-0.2, -0.15) is 0 Å². The molecule has 0 aromatic rings. The number of halogens is 1. The van der Waals surface area contributed by atoms with Crippen molar-refractivity contribution in [2.24, 2.45) is 0 Å². The highest BCUT2D eigenvalue weighted by atomic mass is 79.9. The van der Waals surface area contributed by atoms with Crippen molar-refractivity contribution >= 4 is 15.9 Å². The summed E-state index contributed by atoms with van der Waals surface area (Å²) < 4.78 is 6.05. The lowest BCUT2D eigenvalue weighted by molar-refractivity contribution is -0.0527. The van der Waals surface area contributed by atoms with Gasteiger partial charge in [0.2, 0.25) is 0 Å². The maximum absolute atomic E-state index is 6.05. The summed E-state index contributed by atoms with van der Waals surface area (Å²) >= 11 is 3.60. The van der Waals surface area contributed by atoms with Gasteiger partial charge >= 0.3 is 0 Å². The van der Waals surface area contributed by atoms with Crippen LogP contribution in [0.1, 0.15) is 51.4 Å². The quantitative estimate of drug-likeness (QED) is 0.534. The van der Waals surface area contributed by atoms with Crippen molar-refractivity contribution in [3.05, 3.63) is 0 Å². The standard InChI is InChI=1S/C11H19BrO/c12-9-7-11(8-9)13-10-5-3-1-2-4-6-10/h9-11H,1-8H2. The molecule has 2 saturated carbocycles. The fourth-order valence-corrected chi connectivity index (χ4v) is 3.10. The zero-order valence-electron chi connectivity index (χ0n) is 8.18. The third-order valence-electron chi connectivity index (χ3n) is 3.22. The van der Waals surface area contributed by atoms with Crippen LogP contribution in [0.15, 0.2) is 0 Å². The Morgan fingerprint density at radius 1 is 0.846 bits per heavy atom. The van der Waals surface area contributed by atoms with E-state index < -0.39 is 0 Å². The molecule has 0 unspecified atom stereocenters. The van der Waals surface area contributed by atoms with Gasteiger partial charge in [-0.25, -0.2) is 0 Å². The van der Waals surface area contributed by atoms with Gasteiger partial charge < -0.3 is 4.74 Å². The Hall–Kier alpha value is 0.440. The molecule has 2 aliphatic rings. The highest BCUT2D eigenvalue weighted by Gasteiger charge is 2.29. The first kappa shape index (κ1) is 9.97. The van der Waals surface area contributed by atoms with Crippen molar-refractivity contribution < 1.29 is 4.74 Å². The largest absolute Gasteiger partial charge is 0.375 e. The summed E-state index contributed by atoms with van der Waals surface area (Å²) in [5.41, 5.74) is 0. The molecule has 76 valence electrons. The molecule has 2 fully saturated rings. The van der Waals surface area contributed by atoms with Crippen LogP contribution in [-0.4, -0.2) is 17.0 Å². The zero-order valence-corrected chi connectivity index (χ0v) is 9.76. The fraction of sp³-hybridized carbons (Fsp3) is 1.00. The van der Waals surface area contributed by atoms with Crippen LogP contribution in [0.5, 0.6) is 0 Å². The summed E-state index contributed by atoms with van der Waals surface area (Å²) in [6, 6.07) is 0. The Kier molecular flexibility index (Phi) is 3.67. The maximum atomic E-state index is 6.05. The molecule has 2 aliphatic carbocycles. The highest BCUT2D eigenvalue weighted by molar-refractivity contribution is 9.09. The molecule has 0 heterocycles. The van der Waals surface area contributed by atoms with E-state index in [2.05, 4.69) is 15.9 Å². The molecule has 0 bridgehead atoms. The summed E-state index contributed by atoms with van der Waals surface area (Å²) in [7, 11) is 0. The summed E-state index contributed by atoms with van der Waals surface area (Å²) in [4.78, 5) is 0.739. The van der Waals surface area contributed by atoms with Crippen molar-refractivity contribution in [3.8, 4) is 0 Å². The maximum Gasteiger partial charge on any atom is 0.0600 e. The number of rotatable bonds is 2. The molecule has 0 radical (unpaired) electrons. The normalized spacial score (nSPS) is 36.7. The number of hydrogen-bond donors (Lipinski definition) is 0. The Balaban J connectivity index is 1.67. The SMILES string of the molecule is BrC1CC(OC2CCCCCC2)C1. The third-order valence-corrected chi connectivity index (χ3v) is 3.97. The second-order valence-electron chi connectivity index (χ2n) is 4.44. The molecule has 2 heteroatoms. The van der Waals surface area contributed by atoms with Crippen LogP contribution in [-0.2, 0) is 4.74 Å². The van der Waals surface area contributed by atoms with Gasteiger partial charge in [-0.3, -0.25) is 0 Å². The number of hydrogen-bond acceptors (Lipinski definition) is 1. The second-order valence-corrected chi connectivity index (χ2v) is 5.74. The van der Waals surface area contributed by atoms with Gasteiger partial charge in [0.25, 0.3) is 0 Å². The Bertz CT molecular complexity index is 146. The second kappa shape index (κ2) is 4.79. The van der Waals surface area contributed by atoms with Gasteiger partial charge in [-0.05, 0) is 25.7 Å². The van der Waals surface area contributed by atoms with Crippen molar-refractivity contribution in [2.75, 3.05) is 0 Å². The van der Waals surface area contributed by atoms with Crippen LogP contribution >= 0.6 is 15.9 Å². The van der Waals surface area contributed by atoms with Crippen LogP contribution in [0.2, 0.25) is 0 Å².